The van der Waals surface area contributed by atoms with E-state index in [-0.39, 0.29) is 11.0 Å². The highest BCUT2D eigenvalue weighted by Crippen LogP contribution is 2.18. The molecule has 0 fully saturated rings. The molecular weight excluding hydrogens is 376 g/mol. The molecule has 4 aromatic rings. The summed E-state index contributed by atoms with van der Waals surface area (Å²) in [5.41, 5.74) is 2.34. The first-order valence-electron chi connectivity index (χ1n) is 9.04. The zero-order valence-corrected chi connectivity index (χ0v) is 16.1. The maximum absolute atomic E-state index is 12.6. The fourth-order valence-electron chi connectivity index (χ4n) is 3.35. The van der Waals surface area contributed by atoms with Crippen LogP contribution in [0.5, 0.6) is 0 Å². The maximum Gasteiger partial charge on any atom is 0.256 e. The van der Waals surface area contributed by atoms with Crippen molar-refractivity contribution in [2.45, 2.75) is 12.8 Å². The molecule has 0 bridgehead atoms. The monoisotopic (exact) mass is 394 g/mol. The zero-order valence-electron chi connectivity index (χ0n) is 15.3. The van der Waals surface area contributed by atoms with E-state index in [1.54, 1.807) is 18.2 Å². The number of hydrogen-bond donors (Lipinski definition) is 2. The lowest BCUT2D eigenvalue weighted by atomic mass is 10.1. The van der Waals surface area contributed by atoms with Crippen LogP contribution in [-0.4, -0.2) is 27.0 Å². The summed E-state index contributed by atoms with van der Waals surface area (Å²) >= 11 is 6.08. The molecule has 0 unspecified atom stereocenters. The Bertz CT molecular complexity index is 1240. The van der Waals surface area contributed by atoms with E-state index in [2.05, 4.69) is 19.9 Å². The Kier molecular flexibility index (Phi) is 4.88. The van der Waals surface area contributed by atoms with Crippen molar-refractivity contribution in [1.29, 1.82) is 0 Å². The molecule has 0 aliphatic rings. The van der Waals surface area contributed by atoms with E-state index >= 15 is 0 Å². The number of para-hydroxylation sites is 3. The highest BCUT2D eigenvalue weighted by molar-refractivity contribution is 6.35. The molecule has 2 N–H and O–H groups in total. The van der Waals surface area contributed by atoms with Gasteiger partial charge in [-0.25, -0.2) is 4.98 Å². The van der Waals surface area contributed by atoms with Gasteiger partial charge in [0.05, 0.1) is 21.6 Å². The molecule has 0 aliphatic heterocycles. The van der Waals surface area contributed by atoms with Crippen LogP contribution in [0.1, 0.15) is 22.6 Å². The Labute approximate surface area is 166 Å². The van der Waals surface area contributed by atoms with E-state index in [0.717, 1.165) is 29.7 Å². The van der Waals surface area contributed by atoms with Gasteiger partial charge in [-0.3, -0.25) is 9.59 Å². The number of carbonyl (C=O) groups is 1. The fourth-order valence-corrected chi connectivity index (χ4v) is 3.58. The molecule has 0 saturated heterocycles. The van der Waals surface area contributed by atoms with Gasteiger partial charge >= 0.3 is 0 Å². The molecule has 0 radical (unpaired) electrons. The number of benzene rings is 2. The van der Waals surface area contributed by atoms with E-state index in [1.165, 1.54) is 6.20 Å². The van der Waals surface area contributed by atoms with E-state index < -0.39 is 5.91 Å². The molecule has 6 nitrogen and oxygen atoms in total. The van der Waals surface area contributed by atoms with E-state index in [1.807, 2.05) is 31.3 Å². The van der Waals surface area contributed by atoms with Crippen LogP contribution in [0.25, 0.3) is 21.9 Å². The standard InChI is InChI=1S/C21H19ClN4O2/c1-26-17-9-3-2-8-16(17)25-18(26)10-5-11-23-21(28)14-12-24-19-13(20(14)27)6-4-7-15(19)22/h2-4,6-9,12H,5,10-11H2,1H3,(H,23,28)(H,24,27). The number of aromatic nitrogens is 3. The third kappa shape index (κ3) is 3.27. The number of fused-ring (bicyclic) bond motifs is 2. The summed E-state index contributed by atoms with van der Waals surface area (Å²) in [5.74, 6) is 0.571. The van der Waals surface area contributed by atoms with E-state index in [4.69, 9.17) is 11.6 Å². The second-order valence-electron chi connectivity index (χ2n) is 6.63. The molecule has 28 heavy (non-hydrogen) atoms. The van der Waals surface area contributed by atoms with Gasteiger partial charge in [0.2, 0.25) is 5.43 Å². The SMILES string of the molecule is Cn1c(CCCNC(=O)c2c[nH]c3c(Cl)cccc3c2=O)nc2ccccc21. The number of nitrogens with one attached hydrogen (secondary N) is 2. The molecule has 2 aromatic carbocycles. The lowest BCUT2D eigenvalue weighted by molar-refractivity contribution is 0.0952. The van der Waals surface area contributed by atoms with Gasteiger partial charge in [-0.05, 0) is 30.7 Å². The summed E-state index contributed by atoms with van der Waals surface area (Å²) in [7, 11) is 1.99. The Morgan fingerprint density at radius 1 is 1.21 bits per heavy atom. The van der Waals surface area contributed by atoms with Crippen molar-refractivity contribution in [3.63, 3.8) is 0 Å². The van der Waals surface area contributed by atoms with Crippen LogP contribution in [0.2, 0.25) is 5.02 Å². The topological polar surface area (TPSA) is 79.8 Å². The third-order valence-electron chi connectivity index (χ3n) is 4.85. The fraction of sp³-hybridized carbons (Fsp3) is 0.190. The minimum atomic E-state index is -0.395. The first kappa shape index (κ1) is 18.3. The van der Waals surface area contributed by atoms with Crippen molar-refractivity contribution in [3.8, 4) is 0 Å². The van der Waals surface area contributed by atoms with Gasteiger partial charge in [0.25, 0.3) is 5.91 Å². The molecule has 2 heterocycles. The highest BCUT2D eigenvalue weighted by Gasteiger charge is 2.14. The first-order valence-corrected chi connectivity index (χ1v) is 9.42. The number of aryl methyl sites for hydroxylation is 2. The van der Waals surface area contributed by atoms with Crippen LogP contribution >= 0.6 is 11.6 Å². The number of carbonyl (C=O) groups excluding carboxylic acids is 1. The number of rotatable bonds is 5. The molecule has 0 saturated carbocycles. The highest BCUT2D eigenvalue weighted by atomic mass is 35.5. The number of H-pyrrole nitrogens is 1. The maximum atomic E-state index is 12.6. The second-order valence-corrected chi connectivity index (χ2v) is 7.04. The molecule has 0 aliphatic carbocycles. The Morgan fingerprint density at radius 2 is 2.04 bits per heavy atom. The smallest absolute Gasteiger partial charge is 0.256 e. The number of nitrogens with zero attached hydrogens (tertiary/aromatic N) is 2. The predicted molar refractivity (Wildman–Crippen MR) is 111 cm³/mol. The van der Waals surface area contributed by atoms with Crippen molar-refractivity contribution in [2.75, 3.05) is 6.54 Å². The molecule has 1 amide bonds. The summed E-state index contributed by atoms with van der Waals surface area (Å²) in [6.07, 6.45) is 2.87. The zero-order chi connectivity index (χ0) is 19.7. The normalized spacial score (nSPS) is 11.2. The number of halogens is 1. The van der Waals surface area contributed by atoms with E-state index in [9.17, 15) is 9.59 Å². The minimum absolute atomic E-state index is 0.0810. The Morgan fingerprint density at radius 3 is 2.86 bits per heavy atom. The van der Waals surface area contributed by atoms with Gasteiger partial charge in [0.15, 0.2) is 0 Å². The third-order valence-corrected chi connectivity index (χ3v) is 5.17. The van der Waals surface area contributed by atoms with Gasteiger partial charge < -0.3 is 14.9 Å². The second kappa shape index (κ2) is 7.48. The summed E-state index contributed by atoms with van der Waals surface area (Å²) in [4.78, 5) is 32.6. The minimum Gasteiger partial charge on any atom is -0.359 e. The quantitative estimate of drug-likeness (QED) is 0.509. The lowest BCUT2D eigenvalue weighted by Gasteiger charge is -2.07. The summed E-state index contributed by atoms with van der Waals surface area (Å²) in [6.45, 7) is 0.453. The van der Waals surface area contributed by atoms with Gasteiger partial charge in [-0.1, -0.05) is 29.8 Å². The largest absolute Gasteiger partial charge is 0.359 e. The summed E-state index contributed by atoms with van der Waals surface area (Å²) in [6, 6.07) is 13.0. The van der Waals surface area contributed by atoms with Gasteiger partial charge in [0, 0.05) is 31.6 Å². The van der Waals surface area contributed by atoms with Crippen molar-refractivity contribution in [2.24, 2.45) is 7.05 Å². The van der Waals surface area contributed by atoms with Gasteiger partial charge in [-0.2, -0.15) is 0 Å². The van der Waals surface area contributed by atoms with Crippen LogP contribution in [0.4, 0.5) is 0 Å². The van der Waals surface area contributed by atoms with Crippen molar-refractivity contribution in [3.05, 3.63) is 75.3 Å². The van der Waals surface area contributed by atoms with Crippen LogP contribution in [0, 0.1) is 0 Å². The molecule has 2 aromatic heterocycles. The number of aromatic amines is 1. The number of pyridine rings is 1. The van der Waals surface area contributed by atoms with Crippen molar-refractivity contribution < 1.29 is 4.79 Å². The van der Waals surface area contributed by atoms with Crippen LogP contribution < -0.4 is 10.7 Å². The van der Waals surface area contributed by atoms with Gasteiger partial charge in [-0.15, -0.1) is 0 Å². The molecule has 0 atom stereocenters. The average molecular weight is 395 g/mol. The van der Waals surface area contributed by atoms with Crippen LogP contribution in [0.15, 0.2) is 53.5 Å². The Hall–Kier alpha value is -3.12. The molecule has 4 rings (SSSR count). The van der Waals surface area contributed by atoms with Crippen LogP contribution in [0.3, 0.4) is 0 Å². The Balaban J connectivity index is 1.42. The lowest BCUT2D eigenvalue weighted by Crippen LogP contribution is -2.30. The molecular formula is C21H19ClN4O2. The molecule has 0 spiro atoms. The number of amides is 1. The van der Waals surface area contributed by atoms with E-state index in [0.29, 0.717) is 22.5 Å². The number of hydrogen-bond acceptors (Lipinski definition) is 3. The van der Waals surface area contributed by atoms with Crippen molar-refractivity contribution >= 4 is 39.4 Å². The van der Waals surface area contributed by atoms with Crippen molar-refractivity contribution in [1.82, 2.24) is 19.9 Å². The number of imidazole rings is 1. The molecule has 142 valence electrons. The summed E-state index contributed by atoms with van der Waals surface area (Å²) < 4.78 is 2.06. The summed E-state index contributed by atoms with van der Waals surface area (Å²) in [5, 5.41) is 3.66. The molecule has 7 heteroatoms. The van der Waals surface area contributed by atoms with Crippen LogP contribution in [-0.2, 0) is 13.5 Å². The predicted octanol–water partition coefficient (Wildman–Crippen LogP) is 3.43. The first-order chi connectivity index (χ1) is 13.6. The van der Waals surface area contributed by atoms with Gasteiger partial charge in [0.1, 0.15) is 11.4 Å². The average Bonchev–Trinajstić information content (AvgIpc) is 3.02.